The fourth-order valence-corrected chi connectivity index (χ4v) is 3.84. The van der Waals surface area contributed by atoms with Gasteiger partial charge in [0.2, 0.25) is 0 Å². The van der Waals surface area contributed by atoms with Crippen molar-refractivity contribution in [3.8, 4) is 11.5 Å². The maximum absolute atomic E-state index is 11.0. The van der Waals surface area contributed by atoms with Crippen molar-refractivity contribution in [3.05, 3.63) is 87.9 Å². The van der Waals surface area contributed by atoms with E-state index in [9.17, 15) is 18.0 Å². The Morgan fingerprint density at radius 1 is 0.944 bits per heavy atom. The third-order valence-corrected chi connectivity index (χ3v) is 5.59. The predicted octanol–water partition coefficient (Wildman–Crippen LogP) is 7.22. The molecular formula is C25H20Cl2F3NO5. The Morgan fingerprint density at radius 2 is 1.56 bits per heavy atom. The molecule has 36 heavy (non-hydrogen) atoms. The molecule has 190 valence electrons. The number of hydrogen-bond donors (Lipinski definition) is 3. The summed E-state index contributed by atoms with van der Waals surface area (Å²) >= 11 is 12.0. The molecule has 0 unspecified atom stereocenters. The topological polar surface area (TPSA) is 95.9 Å². The van der Waals surface area contributed by atoms with Gasteiger partial charge >= 0.3 is 18.1 Å². The number of halogens is 5. The number of anilines is 1. The van der Waals surface area contributed by atoms with Crippen LogP contribution in [0.15, 0.2) is 66.7 Å². The number of carboxylic acid groups (broad SMARTS) is 2. The zero-order valence-electron chi connectivity index (χ0n) is 18.4. The molecule has 0 spiro atoms. The molecule has 11 heteroatoms. The van der Waals surface area contributed by atoms with E-state index < -0.39 is 18.1 Å². The van der Waals surface area contributed by atoms with E-state index in [1.165, 1.54) is 0 Å². The summed E-state index contributed by atoms with van der Waals surface area (Å²) in [6.07, 6.45) is -4.35. The van der Waals surface area contributed by atoms with Gasteiger partial charge in [0.15, 0.2) is 0 Å². The fraction of sp³-hybridized carbons (Fsp3) is 0.200. The van der Waals surface area contributed by atoms with Gasteiger partial charge in [0.25, 0.3) is 0 Å². The van der Waals surface area contributed by atoms with E-state index in [1.54, 1.807) is 18.2 Å². The summed E-state index contributed by atoms with van der Waals surface area (Å²) in [5.74, 6) is -2.26. The van der Waals surface area contributed by atoms with E-state index in [2.05, 4.69) is 5.32 Å². The lowest BCUT2D eigenvalue weighted by Gasteiger charge is -2.10. The Bertz CT molecular complexity index is 1210. The number of alkyl halides is 3. The molecule has 3 aromatic carbocycles. The van der Waals surface area contributed by atoms with Gasteiger partial charge < -0.3 is 20.3 Å². The van der Waals surface area contributed by atoms with Gasteiger partial charge in [-0.05, 0) is 65.9 Å². The first-order valence-corrected chi connectivity index (χ1v) is 11.3. The molecule has 0 saturated heterocycles. The highest BCUT2D eigenvalue weighted by molar-refractivity contribution is 6.34. The van der Waals surface area contributed by atoms with Crippen LogP contribution in [0.5, 0.6) is 11.5 Å². The van der Waals surface area contributed by atoms with Gasteiger partial charge in [0.1, 0.15) is 11.5 Å². The summed E-state index contributed by atoms with van der Waals surface area (Å²) in [4.78, 5) is 19.9. The standard InChI is InChI=1S/C23H19Cl2NO3.C2HF3O2/c24-16-9-17(25)11-20(10-16)29-19-3-1-2-14(8-19)13-26-18-6-4-15(5-7-18)21-12-22(21)23(27)28;3-2(4,5)1(6)7/h1-11,21-22,26H,12-13H2,(H,27,28);(H,6,7)/t21-,22+;/m0./s1. The van der Waals surface area contributed by atoms with E-state index in [0.717, 1.165) is 23.2 Å². The molecule has 0 heterocycles. The van der Waals surface area contributed by atoms with Crippen LogP contribution >= 0.6 is 23.2 Å². The van der Waals surface area contributed by atoms with Crippen molar-refractivity contribution in [2.75, 3.05) is 5.32 Å². The molecular weight excluding hydrogens is 522 g/mol. The van der Waals surface area contributed by atoms with Gasteiger partial charge in [-0.1, -0.05) is 47.5 Å². The van der Waals surface area contributed by atoms with Crippen molar-refractivity contribution >= 4 is 40.8 Å². The molecule has 1 aliphatic carbocycles. The third kappa shape index (κ3) is 8.07. The molecule has 1 saturated carbocycles. The number of rotatable bonds is 7. The minimum Gasteiger partial charge on any atom is -0.481 e. The third-order valence-electron chi connectivity index (χ3n) is 5.16. The molecule has 0 radical (unpaired) electrons. The number of carboxylic acids is 2. The van der Waals surface area contributed by atoms with E-state index in [4.69, 9.17) is 42.9 Å². The molecule has 0 amide bonds. The van der Waals surface area contributed by atoms with Gasteiger partial charge in [-0.25, -0.2) is 4.79 Å². The first-order chi connectivity index (χ1) is 16.9. The summed E-state index contributed by atoms with van der Waals surface area (Å²) in [5, 5.41) is 20.6. The normalized spacial score (nSPS) is 16.4. The summed E-state index contributed by atoms with van der Waals surface area (Å²) in [5.41, 5.74) is 3.13. The van der Waals surface area contributed by atoms with Crippen LogP contribution in [0.3, 0.4) is 0 Å². The molecule has 3 aromatic rings. The minimum absolute atomic E-state index is 0.148. The SMILES string of the molecule is O=C(O)C(F)(F)F.O=C(O)[C@@H]1C[C@H]1c1ccc(NCc2cccc(Oc3cc(Cl)cc(Cl)c3)c2)cc1. The summed E-state index contributed by atoms with van der Waals surface area (Å²) in [7, 11) is 0. The second kappa shape index (κ2) is 11.5. The van der Waals surface area contributed by atoms with Gasteiger partial charge in [0, 0.05) is 22.3 Å². The highest BCUT2D eigenvalue weighted by atomic mass is 35.5. The van der Waals surface area contributed by atoms with E-state index in [1.807, 2.05) is 48.5 Å². The Balaban J connectivity index is 0.000000454. The van der Waals surface area contributed by atoms with E-state index >= 15 is 0 Å². The van der Waals surface area contributed by atoms with Gasteiger partial charge in [-0.15, -0.1) is 0 Å². The molecule has 6 nitrogen and oxygen atoms in total. The molecule has 0 aromatic heterocycles. The molecule has 1 fully saturated rings. The van der Waals surface area contributed by atoms with Gasteiger partial charge in [-0.3, -0.25) is 4.79 Å². The molecule has 0 bridgehead atoms. The van der Waals surface area contributed by atoms with Crippen molar-refractivity contribution in [1.82, 2.24) is 0 Å². The Hall–Kier alpha value is -3.43. The van der Waals surface area contributed by atoms with Crippen molar-refractivity contribution in [3.63, 3.8) is 0 Å². The number of benzene rings is 3. The van der Waals surface area contributed by atoms with Crippen molar-refractivity contribution < 1.29 is 37.7 Å². The zero-order valence-corrected chi connectivity index (χ0v) is 19.9. The quantitative estimate of drug-likeness (QED) is 0.292. The average molecular weight is 542 g/mol. The van der Waals surface area contributed by atoms with E-state index in [-0.39, 0.29) is 11.8 Å². The largest absolute Gasteiger partial charge is 0.490 e. The highest BCUT2D eigenvalue weighted by Crippen LogP contribution is 2.47. The molecule has 3 N–H and O–H groups in total. The predicted molar refractivity (Wildman–Crippen MR) is 129 cm³/mol. The number of nitrogens with one attached hydrogen (secondary N) is 1. The Kier molecular flexibility index (Phi) is 8.70. The molecule has 4 rings (SSSR count). The Morgan fingerprint density at radius 3 is 2.08 bits per heavy atom. The first kappa shape index (κ1) is 27.2. The van der Waals surface area contributed by atoms with Crippen LogP contribution in [-0.2, 0) is 16.1 Å². The second-order valence-electron chi connectivity index (χ2n) is 7.92. The number of ether oxygens (including phenoxy) is 1. The fourth-order valence-electron chi connectivity index (χ4n) is 3.33. The summed E-state index contributed by atoms with van der Waals surface area (Å²) in [6.45, 7) is 0.633. The van der Waals surface area contributed by atoms with Crippen molar-refractivity contribution in [1.29, 1.82) is 0 Å². The van der Waals surface area contributed by atoms with Crippen LogP contribution in [0.2, 0.25) is 10.0 Å². The lowest BCUT2D eigenvalue weighted by atomic mass is 10.1. The maximum atomic E-state index is 11.0. The first-order valence-electron chi connectivity index (χ1n) is 10.5. The van der Waals surface area contributed by atoms with Crippen LogP contribution in [0.25, 0.3) is 0 Å². The van der Waals surface area contributed by atoms with Gasteiger partial charge in [0.05, 0.1) is 5.92 Å². The maximum Gasteiger partial charge on any atom is 0.490 e. The zero-order chi connectivity index (χ0) is 26.5. The number of hydrogen-bond acceptors (Lipinski definition) is 4. The second-order valence-corrected chi connectivity index (χ2v) is 8.79. The van der Waals surface area contributed by atoms with Crippen LogP contribution in [-0.4, -0.2) is 28.3 Å². The number of aliphatic carboxylic acids is 2. The average Bonchev–Trinajstić information content (AvgIpc) is 3.59. The smallest absolute Gasteiger partial charge is 0.481 e. The lowest BCUT2D eigenvalue weighted by Crippen LogP contribution is -2.21. The van der Waals surface area contributed by atoms with E-state index in [0.29, 0.717) is 28.1 Å². The minimum atomic E-state index is -5.08. The molecule has 1 aliphatic rings. The number of carbonyl (C=O) groups is 2. The van der Waals surface area contributed by atoms with Crippen LogP contribution in [0.4, 0.5) is 18.9 Å². The molecule has 2 atom stereocenters. The highest BCUT2D eigenvalue weighted by Gasteiger charge is 2.44. The Labute approximate surface area is 214 Å². The van der Waals surface area contributed by atoms with Gasteiger partial charge in [-0.2, -0.15) is 13.2 Å². The van der Waals surface area contributed by atoms with Crippen LogP contribution in [0.1, 0.15) is 23.5 Å². The lowest BCUT2D eigenvalue weighted by molar-refractivity contribution is -0.192. The van der Waals surface area contributed by atoms with Crippen LogP contribution in [0, 0.1) is 5.92 Å². The van der Waals surface area contributed by atoms with Crippen molar-refractivity contribution in [2.45, 2.75) is 25.1 Å². The molecule has 0 aliphatic heterocycles. The van der Waals surface area contributed by atoms with Crippen molar-refractivity contribution in [2.24, 2.45) is 5.92 Å². The summed E-state index contributed by atoms with van der Waals surface area (Å²) < 4.78 is 37.6. The monoisotopic (exact) mass is 541 g/mol. The van der Waals surface area contributed by atoms with Crippen LogP contribution < -0.4 is 10.1 Å². The summed E-state index contributed by atoms with van der Waals surface area (Å²) in [6, 6.07) is 20.8.